The molecule has 1 heterocycles. The van der Waals surface area contributed by atoms with Crippen LogP contribution in [0.4, 0.5) is 5.69 Å². The summed E-state index contributed by atoms with van der Waals surface area (Å²) in [5.74, 6) is 0.830. The molecule has 26 heavy (non-hydrogen) atoms. The van der Waals surface area contributed by atoms with Crippen LogP contribution in [-0.4, -0.2) is 16.6 Å². The van der Waals surface area contributed by atoms with Gasteiger partial charge in [-0.15, -0.1) is 11.8 Å². The first-order chi connectivity index (χ1) is 12.4. The van der Waals surface area contributed by atoms with Crippen LogP contribution in [0, 0.1) is 17.2 Å². The molecule has 0 aliphatic rings. The third-order valence-electron chi connectivity index (χ3n) is 3.43. The molecule has 0 atom stereocenters. The number of nitrogens with zero attached hydrogens (tertiary/aromatic N) is 2. The van der Waals surface area contributed by atoms with Crippen molar-refractivity contribution in [2.75, 3.05) is 11.1 Å². The van der Waals surface area contributed by atoms with Crippen molar-refractivity contribution in [3.8, 4) is 6.07 Å². The second-order valence-electron chi connectivity index (χ2n) is 6.14. The number of benzene rings is 1. The third kappa shape index (κ3) is 6.21. The molecule has 0 aliphatic heterocycles. The van der Waals surface area contributed by atoms with E-state index in [0.29, 0.717) is 38.0 Å². The van der Waals surface area contributed by atoms with Gasteiger partial charge in [0.25, 0.3) is 0 Å². The van der Waals surface area contributed by atoms with Crippen molar-refractivity contribution in [1.82, 2.24) is 4.98 Å². The Morgan fingerprint density at radius 2 is 2.08 bits per heavy atom. The number of hydrogen-bond acceptors (Lipinski definition) is 4. The minimum atomic E-state index is -0.168. The number of halogens is 2. The van der Waals surface area contributed by atoms with Crippen molar-refractivity contribution >= 4 is 46.6 Å². The Hall–Kier alpha value is -1.74. The Kier molecular flexibility index (Phi) is 7.77. The summed E-state index contributed by atoms with van der Waals surface area (Å²) in [5, 5.41) is 13.6. The number of hydrogen-bond donors (Lipinski definition) is 1. The number of rotatable bonds is 7. The van der Waals surface area contributed by atoms with Gasteiger partial charge in [0.05, 0.1) is 16.3 Å². The zero-order valence-corrected chi connectivity index (χ0v) is 16.9. The zero-order chi connectivity index (χ0) is 19.1. The maximum absolute atomic E-state index is 12.1. The average molecular weight is 408 g/mol. The molecule has 2 aromatic rings. The van der Waals surface area contributed by atoms with Gasteiger partial charge in [-0.05, 0) is 42.7 Å². The van der Waals surface area contributed by atoms with Gasteiger partial charge in [0.15, 0.2) is 0 Å². The number of nitriles is 1. The van der Waals surface area contributed by atoms with Crippen molar-refractivity contribution in [3.63, 3.8) is 0 Å². The smallest absolute Gasteiger partial charge is 0.225 e. The number of nitrogens with one attached hydrogen (secondary N) is 1. The van der Waals surface area contributed by atoms with Crippen LogP contribution >= 0.6 is 35.0 Å². The molecule has 0 radical (unpaired) electrons. The van der Waals surface area contributed by atoms with Gasteiger partial charge in [-0.3, -0.25) is 4.79 Å². The zero-order valence-electron chi connectivity index (χ0n) is 14.6. The largest absolute Gasteiger partial charge is 0.325 e. The molecule has 0 unspecified atom stereocenters. The highest BCUT2D eigenvalue weighted by molar-refractivity contribution is 7.99. The summed E-state index contributed by atoms with van der Waals surface area (Å²) in [6, 6.07) is 10.7. The van der Waals surface area contributed by atoms with Crippen LogP contribution in [0.3, 0.4) is 0 Å². The van der Waals surface area contributed by atoms with E-state index >= 15 is 0 Å². The van der Waals surface area contributed by atoms with Gasteiger partial charge in [-0.1, -0.05) is 37.0 Å². The molecule has 0 bridgehead atoms. The molecule has 7 heteroatoms. The number of anilines is 1. The van der Waals surface area contributed by atoms with E-state index in [9.17, 15) is 10.1 Å². The van der Waals surface area contributed by atoms with Crippen LogP contribution in [0.15, 0.2) is 35.4 Å². The highest BCUT2D eigenvalue weighted by atomic mass is 35.5. The van der Waals surface area contributed by atoms with Gasteiger partial charge in [0.1, 0.15) is 11.1 Å². The lowest BCUT2D eigenvalue weighted by molar-refractivity contribution is -0.115. The minimum absolute atomic E-state index is 0.168. The molecule has 1 aromatic heterocycles. The lowest BCUT2D eigenvalue weighted by atomic mass is 10.1. The fourth-order valence-corrected chi connectivity index (χ4v) is 3.52. The van der Waals surface area contributed by atoms with E-state index in [4.69, 9.17) is 23.2 Å². The Morgan fingerprint density at radius 1 is 1.31 bits per heavy atom. The summed E-state index contributed by atoms with van der Waals surface area (Å²) in [7, 11) is 0. The first kappa shape index (κ1) is 20.6. The molecule has 1 amide bonds. The van der Waals surface area contributed by atoms with E-state index in [1.54, 1.807) is 24.3 Å². The number of carbonyl (C=O) groups excluding carboxylic acids is 1. The number of aromatic nitrogens is 1. The maximum Gasteiger partial charge on any atom is 0.225 e. The molecule has 0 spiro atoms. The SMILES string of the molecule is CC(C)Cc1ccc(C#N)c(SCCC(=O)Nc2cc(Cl)ccc2Cl)n1. The van der Waals surface area contributed by atoms with E-state index in [-0.39, 0.29) is 12.3 Å². The first-order valence-corrected chi connectivity index (χ1v) is 9.91. The van der Waals surface area contributed by atoms with Crippen LogP contribution in [0.25, 0.3) is 0 Å². The van der Waals surface area contributed by atoms with Crippen molar-refractivity contribution in [1.29, 1.82) is 5.26 Å². The number of amides is 1. The van der Waals surface area contributed by atoms with Crippen molar-refractivity contribution in [2.24, 2.45) is 5.92 Å². The molecule has 1 N–H and O–H groups in total. The summed E-state index contributed by atoms with van der Waals surface area (Å²) < 4.78 is 0. The fourth-order valence-electron chi connectivity index (χ4n) is 2.25. The summed E-state index contributed by atoms with van der Waals surface area (Å²) in [4.78, 5) is 16.7. The monoisotopic (exact) mass is 407 g/mol. The fraction of sp³-hybridized carbons (Fsp3) is 0.316. The molecule has 2 rings (SSSR count). The van der Waals surface area contributed by atoms with Gasteiger partial charge in [-0.2, -0.15) is 5.26 Å². The second kappa shape index (κ2) is 9.82. The molecule has 136 valence electrons. The van der Waals surface area contributed by atoms with E-state index < -0.39 is 0 Å². The van der Waals surface area contributed by atoms with Crippen LogP contribution in [0.1, 0.15) is 31.5 Å². The molecule has 0 fully saturated rings. The van der Waals surface area contributed by atoms with E-state index in [1.807, 2.05) is 6.07 Å². The van der Waals surface area contributed by atoms with Crippen LogP contribution in [-0.2, 0) is 11.2 Å². The van der Waals surface area contributed by atoms with Crippen LogP contribution in [0.5, 0.6) is 0 Å². The van der Waals surface area contributed by atoms with E-state index in [2.05, 4.69) is 30.2 Å². The minimum Gasteiger partial charge on any atom is -0.325 e. The Morgan fingerprint density at radius 3 is 2.77 bits per heavy atom. The quantitative estimate of drug-likeness (QED) is 0.608. The third-order valence-corrected chi connectivity index (χ3v) is 4.98. The molecule has 4 nitrogen and oxygen atoms in total. The molecule has 0 saturated heterocycles. The summed E-state index contributed by atoms with van der Waals surface area (Å²) >= 11 is 13.4. The second-order valence-corrected chi connectivity index (χ2v) is 8.06. The predicted molar refractivity (Wildman–Crippen MR) is 108 cm³/mol. The molecule has 0 aliphatic carbocycles. The van der Waals surface area contributed by atoms with Gasteiger partial charge in [-0.25, -0.2) is 4.98 Å². The van der Waals surface area contributed by atoms with Gasteiger partial charge in [0, 0.05) is 22.9 Å². The van der Waals surface area contributed by atoms with E-state index in [1.165, 1.54) is 11.8 Å². The van der Waals surface area contributed by atoms with Crippen molar-refractivity contribution < 1.29 is 4.79 Å². The Labute approximate surface area is 167 Å². The molecular weight excluding hydrogens is 389 g/mol. The summed E-state index contributed by atoms with van der Waals surface area (Å²) in [6.07, 6.45) is 1.13. The number of pyridine rings is 1. The van der Waals surface area contributed by atoms with Crippen LogP contribution in [0.2, 0.25) is 10.0 Å². The van der Waals surface area contributed by atoms with E-state index in [0.717, 1.165) is 12.1 Å². The number of thioether (sulfide) groups is 1. The van der Waals surface area contributed by atoms with Gasteiger partial charge >= 0.3 is 0 Å². The average Bonchev–Trinajstić information content (AvgIpc) is 2.58. The highest BCUT2D eigenvalue weighted by Crippen LogP contribution is 2.26. The standard InChI is InChI=1S/C19H19Cl2N3OS/c1-12(2)9-15-5-3-13(11-22)19(23-15)26-8-7-18(25)24-17-10-14(20)4-6-16(17)21/h3-6,10,12H,7-9H2,1-2H3,(H,24,25). The van der Waals surface area contributed by atoms with Crippen molar-refractivity contribution in [3.05, 3.63) is 51.6 Å². The highest BCUT2D eigenvalue weighted by Gasteiger charge is 2.10. The summed E-state index contributed by atoms with van der Waals surface area (Å²) in [5.41, 5.74) is 1.97. The van der Waals surface area contributed by atoms with Gasteiger partial charge in [0.2, 0.25) is 5.91 Å². The Bertz CT molecular complexity index is 834. The van der Waals surface area contributed by atoms with Crippen LogP contribution < -0.4 is 5.32 Å². The normalized spacial score (nSPS) is 10.6. The predicted octanol–water partition coefficient (Wildman–Crippen LogP) is 5.58. The molecule has 1 aromatic carbocycles. The van der Waals surface area contributed by atoms with Gasteiger partial charge < -0.3 is 5.32 Å². The number of carbonyl (C=O) groups is 1. The van der Waals surface area contributed by atoms with Crippen molar-refractivity contribution in [2.45, 2.75) is 31.7 Å². The molecule has 0 saturated carbocycles. The topological polar surface area (TPSA) is 65.8 Å². The summed E-state index contributed by atoms with van der Waals surface area (Å²) in [6.45, 7) is 4.25. The first-order valence-electron chi connectivity index (χ1n) is 8.16. The maximum atomic E-state index is 12.1. The lowest BCUT2D eigenvalue weighted by Gasteiger charge is -2.09. The molecular formula is C19H19Cl2N3OS. The Balaban J connectivity index is 1.95. The lowest BCUT2D eigenvalue weighted by Crippen LogP contribution is -2.12.